The average Bonchev–Trinajstić information content (AvgIpc) is 1.25. The van der Waals surface area contributed by atoms with E-state index in [0.717, 1.165) is 0 Å². The molecule has 0 saturated carbocycles. The molecule has 0 aliphatic heterocycles. The number of alkyl halides is 3. The van der Waals surface area contributed by atoms with Crippen molar-refractivity contribution in [2.75, 3.05) is 0 Å². The Morgan fingerprint density at radius 3 is 1.33 bits per heavy atom. The molecule has 0 aliphatic carbocycles. The highest BCUT2D eigenvalue weighted by molar-refractivity contribution is 7.86. The third-order valence-electron chi connectivity index (χ3n) is 0.292. The molecule has 0 aromatic heterocycles. The molecule has 0 unspecified atom stereocenters. The second-order valence-electron chi connectivity index (χ2n) is 0.921. The average molecular weight is 176 g/mol. The summed E-state index contributed by atoms with van der Waals surface area (Å²) in [5.74, 6) is 0. The molecule has 0 heterocycles. The summed E-state index contributed by atoms with van der Waals surface area (Å²) in [6, 6.07) is 0. The zero-order chi connectivity index (χ0) is 7.00. The largest absolute Gasteiger partial charge is 0.522 e. The van der Waals surface area contributed by atoms with Gasteiger partial charge >= 0.3 is 38.7 Å². The molecule has 1 N–H and O–H groups in total. The molecule has 0 radical (unpaired) electrons. The molecule has 0 bridgehead atoms. The lowest BCUT2D eigenvalue weighted by Crippen LogP contribution is -2.21. The molecule has 8 heteroatoms. The SMILES string of the molecule is O=S(=O)(O)C(F)(F)F.[MgH2]. The Morgan fingerprint density at radius 2 is 1.33 bits per heavy atom. The van der Waals surface area contributed by atoms with Crippen LogP contribution in [0.5, 0.6) is 0 Å². The maximum absolute atomic E-state index is 10.7. The molecular weight excluding hydrogens is 173 g/mol. The van der Waals surface area contributed by atoms with Crippen LogP contribution in [0, 0.1) is 0 Å². The van der Waals surface area contributed by atoms with Gasteiger partial charge in [0.2, 0.25) is 0 Å². The number of halogens is 3. The van der Waals surface area contributed by atoms with E-state index < -0.39 is 15.6 Å². The first kappa shape index (κ1) is 12.2. The summed E-state index contributed by atoms with van der Waals surface area (Å²) < 4.78 is 57.5. The number of rotatable bonds is 0. The Labute approximate surface area is 65.1 Å². The molecule has 0 atom stereocenters. The lowest BCUT2D eigenvalue weighted by atomic mass is 11.6. The Morgan fingerprint density at radius 1 is 1.22 bits per heavy atom. The number of hydrogen-bond acceptors (Lipinski definition) is 2. The van der Waals surface area contributed by atoms with Gasteiger partial charge < -0.3 is 0 Å². The second-order valence-corrected chi connectivity index (χ2v) is 2.33. The van der Waals surface area contributed by atoms with E-state index in [9.17, 15) is 13.2 Å². The van der Waals surface area contributed by atoms with Gasteiger partial charge in [0.15, 0.2) is 0 Å². The van der Waals surface area contributed by atoms with Gasteiger partial charge in [0.25, 0.3) is 0 Å². The lowest BCUT2D eigenvalue weighted by Gasteiger charge is -1.97. The molecular formula is CH3F3MgO3S. The van der Waals surface area contributed by atoms with Crippen LogP contribution < -0.4 is 0 Å². The van der Waals surface area contributed by atoms with Crippen molar-refractivity contribution in [3.63, 3.8) is 0 Å². The Bertz CT molecular complexity index is 168. The van der Waals surface area contributed by atoms with Crippen LogP contribution in [0.25, 0.3) is 0 Å². The van der Waals surface area contributed by atoms with Gasteiger partial charge in [0.1, 0.15) is 0 Å². The Balaban J connectivity index is 0. The van der Waals surface area contributed by atoms with E-state index >= 15 is 0 Å². The van der Waals surface area contributed by atoms with E-state index in [4.69, 9.17) is 13.0 Å². The lowest BCUT2D eigenvalue weighted by molar-refractivity contribution is -0.0510. The van der Waals surface area contributed by atoms with Crippen molar-refractivity contribution >= 4 is 33.2 Å². The topological polar surface area (TPSA) is 54.4 Å². The summed E-state index contributed by atoms with van der Waals surface area (Å²) in [5, 5.41) is 0. The van der Waals surface area contributed by atoms with Gasteiger partial charge in [0, 0.05) is 0 Å². The van der Waals surface area contributed by atoms with Crippen LogP contribution in [0.3, 0.4) is 0 Å². The third-order valence-corrected chi connectivity index (χ3v) is 0.877. The van der Waals surface area contributed by atoms with E-state index in [1.54, 1.807) is 0 Å². The maximum Gasteiger partial charge on any atom is 0.522 e. The summed E-state index contributed by atoms with van der Waals surface area (Å²) in [6.07, 6.45) is 0. The normalized spacial score (nSPS) is 12.4. The zero-order valence-corrected chi connectivity index (χ0v) is 4.12. The van der Waals surface area contributed by atoms with E-state index in [0.29, 0.717) is 0 Å². The van der Waals surface area contributed by atoms with Gasteiger partial charge in [-0.2, -0.15) is 21.6 Å². The van der Waals surface area contributed by atoms with Gasteiger partial charge in [-0.15, -0.1) is 0 Å². The number of hydrogen-bond donors (Lipinski definition) is 1. The predicted octanol–water partition coefficient (Wildman–Crippen LogP) is -0.522. The van der Waals surface area contributed by atoms with Crippen molar-refractivity contribution in [3.05, 3.63) is 0 Å². The second kappa shape index (κ2) is 3.04. The van der Waals surface area contributed by atoms with E-state index in [1.165, 1.54) is 0 Å². The highest BCUT2D eigenvalue weighted by Crippen LogP contribution is 2.20. The fraction of sp³-hybridized carbons (Fsp3) is 1.00. The fourth-order valence-corrected chi connectivity index (χ4v) is 0. The van der Waals surface area contributed by atoms with Crippen LogP contribution in [-0.4, -0.2) is 41.5 Å². The van der Waals surface area contributed by atoms with Crippen molar-refractivity contribution < 1.29 is 26.1 Å². The predicted molar refractivity (Wildman–Crippen MR) is 26.1 cm³/mol. The standard InChI is InChI=1S/CHF3O3S.Mg.2H/c2-1(3,4)8(5,6)7;;;/h(H,5,6,7);;;. The zero-order valence-electron chi connectivity index (χ0n) is 3.31. The molecule has 54 valence electrons. The minimum Gasteiger partial charge on any atom is -0.279 e. The summed E-state index contributed by atoms with van der Waals surface area (Å²) in [4.78, 5) is 0. The minimum atomic E-state index is -5.84. The van der Waals surface area contributed by atoms with Crippen LogP contribution in [0.15, 0.2) is 0 Å². The molecule has 0 fully saturated rings. The fourth-order valence-electron chi connectivity index (χ4n) is 0. The molecule has 0 aliphatic rings. The van der Waals surface area contributed by atoms with Crippen LogP contribution in [0.4, 0.5) is 13.2 Å². The summed E-state index contributed by atoms with van der Waals surface area (Å²) in [5.41, 5.74) is -5.53. The van der Waals surface area contributed by atoms with Crippen molar-refractivity contribution in [2.45, 2.75) is 5.51 Å². The van der Waals surface area contributed by atoms with Crippen molar-refractivity contribution in [1.82, 2.24) is 0 Å². The van der Waals surface area contributed by atoms with E-state index in [-0.39, 0.29) is 23.1 Å². The van der Waals surface area contributed by atoms with Gasteiger partial charge in [0.05, 0.1) is 0 Å². The molecule has 3 nitrogen and oxygen atoms in total. The smallest absolute Gasteiger partial charge is 0.279 e. The van der Waals surface area contributed by atoms with Crippen LogP contribution >= 0.6 is 0 Å². The summed E-state index contributed by atoms with van der Waals surface area (Å²) in [6.45, 7) is 0. The van der Waals surface area contributed by atoms with Gasteiger partial charge in [-0.3, -0.25) is 4.55 Å². The van der Waals surface area contributed by atoms with Crippen LogP contribution in [0.2, 0.25) is 0 Å². The van der Waals surface area contributed by atoms with E-state index in [1.807, 2.05) is 0 Å². The molecule has 0 aromatic carbocycles. The monoisotopic (exact) mass is 176 g/mol. The first-order valence-electron chi connectivity index (χ1n) is 1.29. The van der Waals surface area contributed by atoms with Crippen LogP contribution in [0.1, 0.15) is 0 Å². The molecule has 9 heavy (non-hydrogen) atoms. The van der Waals surface area contributed by atoms with Crippen LogP contribution in [-0.2, 0) is 10.1 Å². The molecule has 0 spiro atoms. The van der Waals surface area contributed by atoms with Crippen molar-refractivity contribution in [1.29, 1.82) is 0 Å². The highest BCUT2D eigenvalue weighted by Gasteiger charge is 2.44. The molecule has 0 saturated heterocycles. The first-order chi connectivity index (χ1) is 3.25. The van der Waals surface area contributed by atoms with E-state index in [2.05, 4.69) is 0 Å². The molecule has 0 rings (SSSR count). The molecule has 0 amide bonds. The quantitative estimate of drug-likeness (QED) is 0.307. The van der Waals surface area contributed by atoms with Gasteiger partial charge in [-0.25, -0.2) is 0 Å². The van der Waals surface area contributed by atoms with Gasteiger partial charge in [-0.05, 0) is 0 Å². The summed E-state index contributed by atoms with van der Waals surface area (Å²) >= 11 is 0. The third kappa shape index (κ3) is 3.95. The van der Waals surface area contributed by atoms with Crippen molar-refractivity contribution in [2.24, 2.45) is 0 Å². The molecule has 0 aromatic rings. The maximum atomic E-state index is 10.7. The van der Waals surface area contributed by atoms with Gasteiger partial charge in [-0.1, -0.05) is 0 Å². The minimum absolute atomic E-state index is 0. The Hall–Kier alpha value is 0.466. The highest BCUT2D eigenvalue weighted by atomic mass is 32.2. The Kier molecular flexibility index (Phi) is 4.11. The first-order valence-corrected chi connectivity index (χ1v) is 2.73. The van der Waals surface area contributed by atoms with Crippen molar-refractivity contribution in [3.8, 4) is 0 Å². The summed E-state index contributed by atoms with van der Waals surface area (Å²) in [7, 11) is -5.84.